The van der Waals surface area contributed by atoms with Crippen LogP contribution in [0.1, 0.15) is 94.9 Å². The Bertz CT molecular complexity index is 1550. The fourth-order valence-corrected chi connectivity index (χ4v) is 7.89. The number of ether oxygens (including phenoxy) is 2. The van der Waals surface area contributed by atoms with E-state index in [1.54, 1.807) is 15.9 Å². The van der Waals surface area contributed by atoms with Gasteiger partial charge in [0.1, 0.15) is 17.9 Å². The van der Waals surface area contributed by atoms with Gasteiger partial charge in [0.15, 0.2) is 5.69 Å². The van der Waals surface area contributed by atoms with Crippen molar-refractivity contribution in [3.8, 4) is 6.07 Å². The zero-order valence-electron chi connectivity index (χ0n) is 24.3. The molecule has 8 rings (SSSR count). The Morgan fingerprint density at radius 2 is 1.86 bits per heavy atom. The minimum absolute atomic E-state index is 0.00968. The third-order valence-electron chi connectivity index (χ3n) is 10.3. The third kappa shape index (κ3) is 4.29. The van der Waals surface area contributed by atoms with Crippen molar-refractivity contribution in [1.29, 1.82) is 5.26 Å². The molecule has 11 nitrogen and oxygen atoms in total. The fourth-order valence-electron chi connectivity index (χ4n) is 7.89. The molecule has 5 atom stereocenters. The normalized spacial score (nSPS) is 29.6. The van der Waals surface area contributed by atoms with Crippen LogP contribution in [-0.2, 0) is 27.5 Å². The van der Waals surface area contributed by atoms with Crippen LogP contribution >= 0.6 is 0 Å². The molecule has 3 amide bonds. The number of fused-ring (bicyclic) bond motifs is 3. The Kier molecular flexibility index (Phi) is 6.35. The zero-order chi connectivity index (χ0) is 29.4. The average molecular weight is 585 g/mol. The van der Waals surface area contributed by atoms with Gasteiger partial charge in [0.25, 0.3) is 17.7 Å². The summed E-state index contributed by atoms with van der Waals surface area (Å²) in [5, 5.41) is 18.0. The summed E-state index contributed by atoms with van der Waals surface area (Å²) in [5.74, 6) is 0.122. The average Bonchev–Trinajstić information content (AvgIpc) is 3.88. The Hall–Kier alpha value is -3.75. The van der Waals surface area contributed by atoms with Gasteiger partial charge in [-0.1, -0.05) is 6.07 Å². The number of nitrogens with one attached hydrogen (secondary N) is 1. The monoisotopic (exact) mass is 584 g/mol. The van der Waals surface area contributed by atoms with Crippen LogP contribution < -0.4 is 10.2 Å². The second-order valence-electron chi connectivity index (χ2n) is 12.9. The molecule has 2 saturated heterocycles. The Labute approximate surface area is 250 Å². The van der Waals surface area contributed by atoms with Crippen LogP contribution in [0, 0.1) is 23.2 Å². The van der Waals surface area contributed by atoms with Crippen molar-refractivity contribution >= 4 is 23.5 Å². The van der Waals surface area contributed by atoms with Crippen LogP contribution in [0.3, 0.4) is 0 Å². The number of rotatable bonds is 6. The predicted molar refractivity (Wildman–Crippen MR) is 153 cm³/mol. The SMILES string of the molecule is CCN1C(=O)[C@@H](NC(=O)c2ccc3c(c2)COC3)[C@@H](C2CC2)c2c(C(=O)N3[C@H](C#N)C[C@H]4C[C@H]43)nn(C3CCOCC3)c21. The van der Waals surface area contributed by atoms with E-state index in [0.717, 1.165) is 48.8 Å². The second kappa shape index (κ2) is 10.2. The molecule has 1 aromatic heterocycles. The Balaban J connectivity index is 1.23. The van der Waals surface area contributed by atoms with Gasteiger partial charge in [0.2, 0.25) is 0 Å². The number of piperidine rings is 1. The first kappa shape index (κ1) is 26.8. The van der Waals surface area contributed by atoms with Crippen molar-refractivity contribution in [2.75, 3.05) is 24.7 Å². The van der Waals surface area contributed by atoms with Crippen LogP contribution in [0.15, 0.2) is 18.2 Å². The topological polar surface area (TPSA) is 130 Å². The molecule has 224 valence electrons. The molecule has 2 aromatic rings. The minimum Gasteiger partial charge on any atom is -0.381 e. The van der Waals surface area contributed by atoms with Crippen molar-refractivity contribution in [1.82, 2.24) is 20.0 Å². The maximum absolute atomic E-state index is 14.4. The highest BCUT2D eigenvalue weighted by molar-refractivity contribution is 6.07. The van der Waals surface area contributed by atoms with E-state index in [1.807, 2.05) is 23.7 Å². The number of anilines is 1. The maximum Gasteiger partial charge on any atom is 0.276 e. The molecule has 2 saturated carbocycles. The number of hydrogen-bond donors (Lipinski definition) is 1. The molecule has 0 spiro atoms. The smallest absolute Gasteiger partial charge is 0.276 e. The molecule has 1 N–H and O–H groups in total. The number of likely N-dealkylation sites (tertiary alicyclic amines) is 1. The summed E-state index contributed by atoms with van der Waals surface area (Å²) in [6, 6.07) is 6.66. The predicted octanol–water partition coefficient (Wildman–Crippen LogP) is 3.05. The highest BCUT2D eigenvalue weighted by Crippen LogP contribution is 2.53. The number of aromatic nitrogens is 2. The fraction of sp³-hybridized carbons (Fsp3) is 0.594. The van der Waals surface area contributed by atoms with Crippen molar-refractivity contribution in [2.24, 2.45) is 11.8 Å². The van der Waals surface area contributed by atoms with Gasteiger partial charge in [-0.2, -0.15) is 10.4 Å². The van der Waals surface area contributed by atoms with Gasteiger partial charge in [-0.05, 0) is 80.5 Å². The van der Waals surface area contributed by atoms with E-state index in [4.69, 9.17) is 14.6 Å². The lowest BCUT2D eigenvalue weighted by Gasteiger charge is -2.39. The number of nitriles is 1. The van der Waals surface area contributed by atoms with E-state index in [9.17, 15) is 19.6 Å². The number of benzene rings is 1. The summed E-state index contributed by atoms with van der Waals surface area (Å²) < 4.78 is 13.1. The van der Waals surface area contributed by atoms with Crippen LogP contribution in [0.4, 0.5) is 5.82 Å². The van der Waals surface area contributed by atoms with E-state index in [2.05, 4.69) is 11.4 Å². The van der Waals surface area contributed by atoms with E-state index >= 15 is 0 Å². The van der Waals surface area contributed by atoms with Gasteiger partial charge in [0.05, 0.1) is 25.3 Å². The first-order valence-corrected chi connectivity index (χ1v) is 15.7. The van der Waals surface area contributed by atoms with Crippen LogP contribution in [0.25, 0.3) is 0 Å². The van der Waals surface area contributed by atoms with Gasteiger partial charge in [-0.15, -0.1) is 0 Å². The number of nitrogens with zero attached hydrogens (tertiary/aromatic N) is 5. The molecular weight excluding hydrogens is 548 g/mol. The van der Waals surface area contributed by atoms with Crippen molar-refractivity contribution < 1.29 is 23.9 Å². The van der Waals surface area contributed by atoms with Crippen LogP contribution in [0.5, 0.6) is 0 Å². The van der Waals surface area contributed by atoms with E-state index in [1.165, 1.54) is 0 Å². The molecule has 2 aliphatic carbocycles. The van der Waals surface area contributed by atoms with Crippen molar-refractivity contribution in [2.45, 2.75) is 88.7 Å². The summed E-state index contributed by atoms with van der Waals surface area (Å²) in [6.45, 7) is 4.48. The second-order valence-corrected chi connectivity index (χ2v) is 12.9. The molecule has 43 heavy (non-hydrogen) atoms. The van der Waals surface area contributed by atoms with Gasteiger partial charge in [0, 0.05) is 42.8 Å². The highest BCUT2D eigenvalue weighted by atomic mass is 16.5. The lowest BCUT2D eigenvalue weighted by atomic mass is 9.82. The number of amides is 3. The van der Waals surface area contributed by atoms with Crippen LogP contribution in [-0.4, -0.2) is 70.3 Å². The maximum atomic E-state index is 14.4. The van der Waals surface area contributed by atoms with Gasteiger partial charge < -0.3 is 19.7 Å². The molecule has 0 unspecified atom stereocenters. The summed E-state index contributed by atoms with van der Waals surface area (Å²) in [7, 11) is 0. The number of carbonyl (C=O) groups is 3. The lowest BCUT2D eigenvalue weighted by Crippen LogP contribution is -2.56. The first-order chi connectivity index (χ1) is 21.0. The highest BCUT2D eigenvalue weighted by Gasteiger charge is 2.57. The molecular formula is C32H36N6O5. The van der Waals surface area contributed by atoms with E-state index < -0.39 is 12.1 Å². The summed E-state index contributed by atoms with van der Waals surface area (Å²) >= 11 is 0. The summed E-state index contributed by atoms with van der Waals surface area (Å²) in [6.07, 6.45) is 4.92. The van der Waals surface area contributed by atoms with Crippen molar-refractivity contribution in [3.05, 3.63) is 46.1 Å². The van der Waals surface area contributed by atoms with E-state index in [-0.39, 0.29) is 41.6 Å². The van der Waals surface area contributed by atoms with Gasteiger partial charge >= 0.3 is 0 Å². The van der Waals surface area contributed by atoms with E-state index in [0.29, 0.717) is 62.4 Å². The third-order valence-corrected chi connectivity index (χ3v) is 10.3. The Morgan fingerprint density at radius 3 is 2.60 bits per heavy atom. The van der Waals surface area contributed by atoms with Crippen LogP contribution in [0.2, 0.25) is 0 Å². The molecule has 6 aliphatic rings. The number of carbonyl (C=O) groups excluding carboxylic acids is 3. The first-order valence-electron chi connectivity index (χ1n) is 15.7. The molecule has 4 aliphatic heterocycles. The largest absolute Gasteiger partial charge is 0.381 e. The summed E-state index contributed by atoms with van der Waals surface area (Å²) in [4.78, 5) is 45.9. The molecule has 4 fully saturated rings. The van der Waals surface area contributed by atoms with Gasteiger partial charge in [-0.3, -0.25) is 19.3 Å². The molecule has 0 radical (unpaired) electrons. The van der Waals surface area contributed by atoms with Crippen molar-refractivity contribution in [3.63, 3.8) is 0 Å². The standard InChI is InChI=1S/C32H36N6O5/c1-2-36-30-26(25(17-3-4-17)27(31(36)40)34-29(39)18-5-6-19-15-43-16-21(19)11-18)28(35-38(30)22-7-9-42-10-8-22)32(41)37-23(14-33)12-20-13-24(20)37/h5-6,11,17,20,22-25,27H,2-4,7-10,12-13,15-16H2,1H3,(H,34,39)/t20-,23-,24+,25-,27-/m0/s1. The number of likely N-dealkylation sites (N-methyl/N-ethyl adjacent to an activating group) is 1. The lowest BCUT2D eigenvalue weighted by molar-refractivity contribution is -0.121. The quantitative estimate of drug-likeness (QED) is 0.553. The van der Waals surface area contributed by atoms with Gasteiger partial charge in [-0.25, -0.2) is 4.68 Å². The molecule has 11 heteroatoms. The molecule has 1 aromatic carbocycles. The Morgan fingerprint density at radius 1 is 1.07 bits per heavy atom. The molecule has 5 heterocycles. The minimum atomic E-state index is -0.824. The zero-order valence-corrected chi connectivity index (χ0v) is 24.3. The summed E-state index contributed by atoms with van der Waals surface area (Å²) in [5.41, 5.74) is 3.64. The number of hydrogen-bond acceptors (Lipinski definition) is 7. The molecule has 0 bridgehead atoms.